The van der Waals surface area contributed by atoms with Crippen LogP contribution in [0.3, 0.4) is 0 Å². The second-order valence-corrected chi connectivity index (χ2v) is 6.29. The quantitative estimate of drug-likeness (QED) is 0.464. The molecule has 0 aromatic heterocycles. The molecule has 0 saturated carbocycles. The minimum absolute atomic E-state index is 0.00906. The van der Waals surface area contributed by atoms with Crippen LogP contribution in [0.1, 0.15) is 27.7 Å². The van der Waals surface area contributed by atoms with E-state index in [0.717, 1.165) is 0 Å². The van der Waals surface area contributed by atoms with E-state index in [1.54, 1.807) is 43.0 Å². The first-order valence-corrected chi connectivity index (χ1v) is 9.22. The molecule has 9 nitrogen and oxygen atoms in total. The number of anilines is 2. The van der Waals surface area contributed by atoms with Crippen LogP contribution in [-0.2, 0) is 19.2 Å². The van der Waals surface area contributed by atoms with Gasteiger partial charge in [0.1, 0.15) is 6.04 Å². The SMILES string of the molecule is CCNC(=O)[C@H](C)NC(=O)CN(CC)CC(=O)Nc1ccc(NC(C)=O)cc1. The summed E-state index contributed by atoms with van der Waals surface area (Å²) in [6.07, 6.45) is 0. The van der Waals surface area contributed by atoms with E-state index in [0.29, 0.717) is 24.5 Å². The highest BCUT2D eigenvalue weighted by Crippen LogP contribution is 2.13. The van der Waals surface area contributed by atoms with Crippen LogP contribution in [-0.4, -0.2) is 60.7 Å². The summed E-state index contributed by atoms with van der Waals surface area (Å²) in [5.74, 6) is -1.01. The van der Waals surface area contributed by atoms with E-state index in [9.17, 15) is 19.2 Å². The van der Waals surface area contributed by atoms with Crippen molar-refractivity contribution >= 4 is 35.0 Å². The van der Waals surface area contributed by atoms with E-state index in [1.165, 1.54) is 6.92 Å². The average molecular weight is 391 g/mol. The fourth-order valence-corrected chi connectivity index (χ4v) is 2.41. The molecule has 4 N–H and O–H groups in total. The molecule has 0 bridgehead atoms. The first kappa shape index (κ1) is 23.1. The highest BCUT2D eigenvalue weighted by atomic mass is 16.2. The van der Waals surface area contributed by atoms with Crippen molar-refractivity contribution in [1.29, 1.82) is 0 Å². The second kappa shape index (κ2) is 11.7. The van der Waals surface area contributed by atoms with Crippen LogP contribution >= 0.6 is 0 Å². The largest absolute Gasteiger partial charge is 0.355 e. The van der Waals surface area contributed by atoms with Gasteiger partial charge in [0.05, 0.1) is 13.1 Å². The fraction of sp³-hybridized carbons (Fsp3) is 0.474. The summed E-state index contributed by atoms with van der Waals surface area (Å²) in [5, 5.41) is 10.6. The Hall–Kier alpha value is -2.94. The zero-order valence-electron chi connectivity index (χ0n) is 16.8. The molecular formula is C19H29N5O4. The highest BCUT2D eigenvalue weighted by molar-refractivity contribution is 5.94. The third-order valence-corrected chi connectivity index (χ3v) is 3.79. The topological polar surface area (TPSA) is 120 Å². The third-order valence-electron chi connectivity index (χ3n) is 3.79. The number of nitrogens with one attached hydrogen (secondary N) is 4. The molecule has 4 amide bonds. The molecule has 0 aliphatic carbocycles. The third kappa shape index (κ3) is 8.63. The molecule has 0 spiro atoms. The van der Waals surface area contributed by atoms with Crippen LogP contribution in [0.15, 0.2) is 24.3 Å². The van der Waals surface area contributed by atoms with E-state index in [1.807, 2.05) is 6.92 Å². The molecule has 0 aliphatic heterocycles. The van der Waals surface area contributed by atoms with Gasteiger partial charge in [-0.15, -0.1) is 0 Å². The minimum Gasteiger partial charge on any atom is -0.355 e. The van der Waals surface area contributed by atoms with E-state index in [2.05, 4.69) is 21.3 Å². The molecule has 0 unspecified atom stereocenters. The molecule has 154 valence electrons. The monoisotopic (exact) mass is 391 g/mol. The van der Waals surface area contributed by atoms with Crippen molar-refractivity contribution in [2.45, 2.75) is 33.7 Å². The Balaban J connectivity index is 2.50. The Labute approximate surface area is 165 Å². The van der Waals surface area contributed by atoms with Gasteiger partial charge >= 0.3 is 0 Å². The molecule has 1 atom stereocenters. The number of likely N-dealkylation sites (N-methyl/N-ethyl adjacent to an activating group) is 2. The molecule has 0 heterocycles. The van der Waals surface area contributed by atoms with Crippen molar-refractivity contribution < 1.29 is 19.2 Å². The smallest absolute Gasteiger partial charge is 0.242 e. The summed E-state index contributed by atoms with van der Waals surface area (Å²) in [6, 6.07) is 6.10. The van der Waals surface area contributed by atoms with Gasteiger partial charge in [-0.05, 0) is 44.7 Å². The molecule has 0 fully saturated rings. The second-order valence-electron chi connectivity index (χ2n) is 6.29. The minimum atomic E-state index is -0.637. The van der Waals surface area contributed by atoms with Crippen LogP contribution < -0.4 is 21.3 Å². The van der Waals surface area contributed by atoms with Crippen LogP contribution in [0.5, 0.6) is 0 Å². The van der Waals surface area contributed by atoms with E-state index in [4.69, 9.17) is 0 Å². The molecule has 0 aliphatic rings. The summed E-state index contributed by atoms with van der Waals surface area (Å²) in [5.41, 5.74) is 1.23. The van der Waals surface area contributed by atoms with Gasteiger partial charge < -0.3 is 21.3 Å². The average Bonchev–Trinajstić information content (AvgIpc) is 2.62. The zero-order valence-corrected chi connectivity index (χ0v) is 16.8. The predicted molar refractivity (Wildman–Crippen MR) is 108 cm³/mol. The maximum Gasteiger partial charge on any atom is 0.242 e. The van der Waals surface area contributed by atoms with Gasteiger partial charge in [-0.2, -0.15) is 0 Å². The summed E-state index contributed by atoms with van der Waals surface area (Å²) < 4.78 is 0. The Kier molecular flexibility index (Phi) is 9.66. The lowest BCUT2D eigenvalue weighted by atomic mass is 10.2. The normalized spacial score (nSPS) is 11.5. The molecule has 1 aromatic rings. The summed E-state index contributed by atoms with van der Waals surface area (Å²) in [7, 11) is 0. The van der Waals surface area contributed by atoms with Gasteiger partial charge in [-0.3, -0.25) is 24.1 Å². The Morgan fingerprint density at radius 2 is 1.46 bits per heavy atom. The first-order valence-electron chi connectivity index (χ1n) is 9.22. The lowest BCUT2D eigenvalue weighted by molar-refractivity contribution is -0.129. The van der Waals surface area contributed by atoms with Crippen LogP contribution in [0.2, 0.25) is 0 Å². The molecule has 0 radical (unpaired) electrons. The highest BCUT2D eigenvalue weighted by Gasteiger charge is 2.18. The predicted octanol–water partition coefficient (Wildman–Crippen LogP) is 0.546. The molecular weight excluding hydrogens is 362 g/mol. The van der Waals surface area contributed by atoms with Gasteiger partial charge in [0.2, 0.25) is 23.6 Å². The molecule has 1 aromatic carbocycles. The van der Waals surface area contributed by atoms with Crippen LogP contribution in [0, 0.1) is 0 Å². The number of amides is 4. The first-order chi connectivity index (χ1) is 13.2. The molecule has 28 heavy (non-hydrogen) atoms. The lowest BCUT2D eigenvalue weighted by Gasteiger charge is -2.21. The Morgan fingerprint density at radius 1 is 0.929 bits per heavy atom. The maximum absolute atomic E-state index is 12.2. The van der Waals surface area contributed by atoms with Gasteiger partial charge in [-0.25, -0.2) is 0 Å². The number of hydrogen-bond donors (Lipinski definition) is 4. The fourth-order valence-electron chi connectivity index (χ4n) is 2.41. The maximum atomic E-state index is 12.2. The van der Waals surface area contributed by atoms with Crippen molar-refractivity contribution in [2.75, 3.05) is 36.8 Å². The van der Waals surface area contributed by atoms with Crippen molar-refractivity contribution in [3.05, 3.63) is 24.3 Å². The van der Waals surface area contributed by atoms with Crippen molar-refractivity contribution in [3.63, 3.8) is 0 Å². The number of hydrogen-bond acceptors (Lipinski definition) is 5. The van der Waals surface area contributed by atoms with Gasteiger partial charge in [-0.1, -0.05) is 6.92 Å². The van der Waals surface area contributed by atoms with Crippen LogP contribution in [0.25, 0.3) is 0 Å². The zero-order chi connectivity index (χ0) is 21.1. The van der Waals surface area contributed by atoms with Crippen molar-refractivity contribution in [3.8, 4) is 0 Å². The van der Waals surface area contributed by atoms with E-state index in [-0.39, 0.29) is 36.7 Å². The molecule has 1 rings (SSSR count). The van der Waals surface area contributed by atoms with E-state index < -0.39 is 6.04 Å². The number of carbonyl (C=O) groups excluding carboxylic acids is 4. The number of rotatable bonds is 10. The number of nitrogens with zero attached hydrogens (tertiary/aromatic N) is 1. The van der Waals surface area contributed by atoms with Crippen molar-refractivity contribution in [1.82, 2.24) is 15.5 Å². The Bertz CT molecular complexity index is 690. The Morgan fingerprint density at radius 3 is 1.96 bits per heavy atom. The van der Waals surface area contributed by atoms with Crippen LogP contribution in [0.4, 0.5) is 11.4 Å². The molecule has 0 saturated heterocycles. The number of benzene rings is 1. The summed E-state index contributed by atoms with van der Waals surface area (Å²) in [6.45, 7) is 7.71. The molecule has 9 heteroatoms. The van der Waals surface area contributed by atoms with Gasteiger partial charge in [0.15, 0.2) is 0 Å². The van der Waals surface area contributed by atoms with E-state index >= 15 is 0 Å². The number of carbonyl (C=O) groups is 4. The standard InChI is InChI=1S/C19H29N5O4/c1-5-20-19(28)13(3)21-17(26)11-24(6-2)12-18(27)23-16-9-7-15(8-10-16)22-14(4)25/h7-10,13H,5-6,11-12H2,1-4H3,(H,20,28)(H,21,26)(H,22,25)(H,23,27)/t13-/m0/s1. The van der Waals surface area contributed by atoms with Crippen molar-refractivity contribution in [2.24, 2.45) is 0 Å². The summed E-state index contributed by atoms with van der Waals surface area (Å²) >= 11 is 0. The van der Waals surface area contributed by atoms with Gasteiger partial charge in [0, 0.05) is 24.8 Å². The summed E-state index contributed by atoms with van der Waals surface area (Å²) in [4.78, 5) is 48.7. The van der Waals surface area contributed by atoms with Gasteiger partial charge in [0.25, 0.3) is 0 Å². The lowest BCUT2D eigenvalue weighted by Crippen LogP contribution is -2.48.